The summed E-state index contributed by atoms with van der Waals surface area (Å²) in [6, 6.07) is -0.291. The number of nitrogens with zero attached hydrogens (tertiary/aromatic N) is 1. The lowest BCUT2D eigenvalue weighted by Crippen LogP contribution is -2.46. The van der Waals surface area contributed by atoms with Gasteiger partial charge < -0.3 is 15.5 Å². The zero-order valence-corrected chi connectivity index (χ0v) is 10.8. The smallest absolute Gasteiger partial charge is 0.321 e. The molecule has 108 valence electrons. The van der Waals surface area contributed by atoms with Crippen LogP contribution in [0.5, 0.6) is 0 Å². The number of likely N-dealkylation sites (tertiary alicyclic amines) is 1. The summed E-state index contributed by atoms with van der Waals surface area (Å²) in [6.45, 7) is 0.504. The number of nitrogens with one attached hydrogen (secondary N) is 2. The van der Waals surface area contributed by atoms with Gasteiger partial charge in [-0.05, 0) is 12.8 Å². The Morgan fingerprint density at radius 2 is 1.68 bits per heavy atom. The standard InChI is InChI=1S/C12H21N3O4/c16-9-5-15(6-10(9)17)7-11(18)14-12(19)13-8-3-1-2-4-8/h8-10,16-17H,1-7H2,(H2,13,14,18,19). The second kappa shape index (κ2) is 6.31. The molecule has 0 aromatic carbocycles. The first-order valence-corrected chi connectivity index (χ1v) is 6.73. The Morgan fingerprint density at radius 3 is 2.26 bits per heavy atom. The average Bonchev–Trinajstić information content (AvgIpc) is 2.90. The Morgan fingerprint density at radius 1 is 1.11 bits per heavy atom. The van der Waals surface area contributed by atoms with E-state index in [1.807, 2.05) is 0 Å². The quantitative estimate of drug-likeness (QED) is 0.516. The Balaban J connectivity index is 1.67. The van der Waals surface area contributed by atoms with E-state index in [1.54, 1.807) is 4.90 Å². The molecule has 0 aromatic heterocycles. The molecule has 2 fully saturated rings. The highest BCUT2D eigenvalue weighted by molar-refractivity contribution is 5.95. The van der Waals surface area contributed by atoms with Crippen LogP contribution in [0.4, 0.5) is 4.79 Å². The van der Waals surface area contributed by atoms with Gasteiger partial charge in [0.05, 0.1) is 18.8 Å². The minimum atomic E-state index is -0.819. The third kappa shape index (κ3) is 4.15. The van der Waals surface area contributed by atoms with Gasteiger partial charge >= 0.3 is 6.03 Å². The Kier molecular flexibility index (Phi) is 4.73. The molecule has 19 heavy (non-hydrogen) atoms. The summed E-state index contributed by atoms with van der Waals surface area (Å²) >= 11 is 0. The van der Waals surface area contributed by atoms with E-state index in [4.69, 9.17) is 0 Å². The average molecular weight is 271 g/mol. The van der Waals surface area contributed by atoms with Gasteiger partial charge in [0.1, 0.15) is 0 Å². The number of hydrogen-bond donors (Lipinski definition) is 4. The van der Waals surface area contributed by atoms with Crippen molar-refractivity contribution >= 4 is 11.9 Å². The van der Waals surface area contributed by atoms with Gasteiger partial charge in [-0.3, -0.25) is 15.0 Å². The zero-order valence-electron chi connectivity index (χ0n) is 10.8. The van der Waals surface area contributed by atoms with Gasteiger partial charge in [0, 0.05) is 19.1 Å². The molecule has 1 saturated heterocycles. The lowest BCUT2D eigenvalue weighted by molar-refractivity contribution is -0.121. The molecule has 7 heteroatoms. The van der Waals surface area contributed by atoms with Crippen molar-refractivity contribution in [3.05, 3.63) is 0 Å². The largest absolute Gasteiger partial charge is 0.389 e. The van der Waals surface area contributed by atoms with Gasteiger partial charge in [0.15, 0.2) is 0 Å². The van der Waals surface area contributed by atoms with E-state index >= 15 is 0 Å². The van der Waals surface area contributed by atoms with Crippen molar-refractivity contribution in [3.63, 3.8) is 0 Å². The molecule has 2 unspecified atom stereocenters. The van der Waals surface area contributed by atoms with Crippen LogP contribution in [0.1, 0.15) is 25.7 Å². The molecule has 1 heterocycles. The number of imide groups is 1. The van der Waals surface area contributed by atoms with Crippen molar-refractivity contribution in [2.45, 2.75) is 43.9 Å². The highest BCUT2D eigenvalue weighted by atomic mass is 16.3. The summed E-state index contributed by atoms with van der Waals surface area (Å²) in [7, 11) is 0. The summed E-state index contributed by atoms with van der Waals surface area (Å²) < 4.78 is 0. The van der Waals surface area contributed by atoms with Crippen LogP contribution in [-0.4, -0.2) is 64.9 Å². The van der Waals surface area contributed by atoms with E-state index < -0.39 is 24.1 Å². The number of aliphatic hydroxyl groups is 2. The summed E-state index contributed by atoms with van der Waals surface area (Å²) in [6.07, 6.45) is 2.52. The fourth-order valence-electron chi connectivity index (χ4n) is 2.64. The minimum absolute atomic E-state index is 0.00616. The monoisotopic (exact) mass is 271 g/mol. The molecule has 2 aliphatic rings. The van der Waals surface area contributed by atoms with E-state index in [1.165, 1.54) is 0 Å². The molecule has 3 amide bonds. The zero-order chi connectivity index (χ0) is 13.8. The highest BCUT2D eigenvalue weighted by Crippen LogP contribution is 2.17. The number of carbonyl (C=O) groups is 2. The summed E-state index contributed by atoms with van der Waals surface area (Å²) in [5.41, 5.74) is 0. The first kappa shape index (κ1) is 14.2. The molecule has 0 bridgehead atoms. The topological polar surface area (TPSA) is 102 Å². The third-order valence-corrected chi connectivity index (χ3v) is 3.65. The highest BCUT2D eigenvalue weighted by Gasteiger charge is 2.30. The van der Waals surface area contributed by atoms with Crippen LogP contribution in [0, 0.1) is 0 Å². The van der Waals surface area contributed by atoms with E-state index in [9.17, 15) is 19.8 Å². The van der Waals surface area contributed by atoms with E-state index in [0.29, 0.717) is 0 Å². The molecular weight excluding hydrogens is 250 g/mol. The number of carbonyl (C=O) groups excluding carboxylic acids is 2. The first-order valence-electron chi connectivity index (χ1n) is 6.73. The normalized spacial score (nSPS) is 28.5. The SMILES string of the molecule is O=C(CN1CC(O)C(O)C1)NC(=O)NC1CCCC1. The van der Waals surface area contributed by atoms with Crippen LogP contribution in [0.25, 0.3) is 0 Å². The summed E-state index contributed by atoms with van der Waals surface area (Å²) in [5, 5.41) is 23.7. The van der Waals surface area contributed by atoms with Crippen molar-refractivity contribution in [3.8, 4) is 0 Å². The van der Waals surface area contributed by atoms with Gasteiger partial charge in [-0.2, -0.15) is 0 Å². The van der Waals surface area contributed by atoms with Crippen molar-refractivity contribution in [2.24, 2.45) is 0 Å². The predicted octanol–water partition coefficient (Wildman–Crippen LogP) is -1.21. The van der Waals surface area contributed by atoms with Gasteiger partial charge in [-0.1, -0.05) is 12.8 Å². The molecule has 4 N–H and O–H groups in total. The molecule has 2 rings (SSSR count). The predicted molar refractivity (Wildman–Crippen MR) is 67.4 cm³/mol. The van der Waals surface area contributed by atoms with Crippen molar-refractivity contribution in [1.82, 2.24) is 15.5 Å². The van der Waals surface area contributed by atoms with Crippen molar-refractivity contribution < 1.29 is 19.8 Å². The fourth-order valence-corrected chi connectivity index (χ4v) is 2.64. The van der Waals surface area contributed by atoms with Gasteiger partial charge in [0.25, 0.3) is 0 Å². The van der Waals surface area contributed by atoms with Crippen LogP contribution in [0.2, 0.25) is 0 Å². The third-order valence-electron chi connectivity index (χ3n) is 3.65. The summed E-state index contributed by atoms with van der Waals surface area (Å²) in [4.78, 5) is 24.8. The van der Waals surface area contributed by atoms with Crippen molar-refractivity contribution in [1.29, 1.82) is 0 Å². The lowest BCUT2D eigenvalue weighted by Gasteiger charge is -2.15. The van der Waals surface area contributed by atoms with Crippen LogP contribution in [0.3, 0.4) is 0 Å². The van der Waals surface area contributed by atoms with E-state index in [-0.39, 0.29) is 25.7 Å². The maximum atomic E-state index is 11.6. The maximum Gasteiger partial charge on any atom is 0.321 e. The van der Waals surface area contributed by atoms with Crippen LogP contribution >= 0.6 is 0 Å². The number of β-amino-alcohol motifs (C(OH)–C–C–N with tert-alkyl or cyclic N) is 2. The van der Waals surface area contributed by atoms with Crippen LogP contribution in [-0.2, 0) is 4.79 Å². The van der Waals surface area contributed by atoms with Gasteiger partial charge in [-0.25, -0.2) is 4.79 Å². The number of amides is 3. The fraction of sp³-hybridized carbons (Fsp3) is 0.833. The number of urea groups is 1. The second-order valence-corrected chi connectivity index (χ2v) is 5.33. The van der Waals surface area contributed by atoms with Gasteiger partial charge in [-0.15, -0.1) is 0 Å². The number of hydrogen-bond acceptors (Lipinski definition) is 5. The molecular formula is C12H21N3O4. The molecule has 1 saturated carbocycles. The molecule has 2 atom stereocenters. The number of rotatable bonds is 3. The first-order chi connectivity index (χ1) is 9.04. The maximum absolute atomic E-state index is 11.6. The van der Waals surface area contributed by atoms with Crippen molar-refractivity contribution in [2.75, 3.05) is 19.6 Å². The van der Waals surface area contributed by atoms with Gasteiger partial charge in [0.2, 0.25) is 5.91 Å². The number of aliphatic hydroxyl groups excluding tert-OH is 2. The second-order valence-electron chi connectivity index (χ2n) is 5.33. The summed E-state index contributed by atoms with van der Waals surface area (Å²) in [5.74, 6) is -0.420. The Bertz CT molecular complexity index is 334. The molecule has 0 aromatic rings. The lowest BCUT2D eigenvalue weighted by atomic mass is 10.2. The Hall–Kier alpha value is -1.18. The van der Waals surface area contributed by atoms with Crippen LogP contribution < -0.4 is 10.6 Å². The molecule has 7 nitrogen and oxygen atoms in total. The molecule has 0 radical (unpaired) electrons. The molecule has 1 aliphatic heterocycles. The van der Waals surface area contributed by atoms with Crippen LogP contribution in [0.15, 0.2) is 0 Å². The molecule has 0 spiro atoms. The van der Waals surface area contributed by atoms with E-state index in [0.717, 1.165) is 25.7 Å². The van der Waals surface area contributed by atoms with E-state index in [2.05, 4.69) is 10.6 Å². The minimum Gasteiger partial charge on any atom is -0.389 e. The molecule has 1 aliphatic carbocycles. The Labute approximate surface area is 112 Å².